The molecule has 0 fully saturated rings. The Morgan fingerprint density at radius 3 is 2.55 bits per heavy atom. The van der Waals surface area contributed by atoms with Crippen molar-refractivity contribution in [1.82, 2.24) is 5.32 Å². The van der Waals surface area contributed by atoms with Crippen molar-refractivity contribution in [2.75, 3.05) is 13.2 Å². The number of benzene rings is 1. The molecule has 1 N–H and O–H groups in total. The van der Waals surface area contributed by atoms with Crippen LogP contribution in [0.4, 0.5) is 0 Å². The molecule has 0 unspecified atom stereocenters. The normalized spacial score (nSPS) is 11.7. The molecule has 112 valence electrons. The monoisotopic (exact) mass is 339 g/mol. The van der Waals surface area contributed by atoms with Crippen LogP contribution in [0.2, 0.25) is 5.02 Å². The minimum absolute atomic E-state index is 0.0751. The zero-order chi connectivity index (χ0) is 15.3. The van der Waals surface area contributed by atoms with Crippen LogP contribution in [0, 0.1) is 0 Å². The lowest BCUT2D eigenvalue weighted by Gasteiger charge is -2.09. The number of carbonyl (C=O) groups excluding carboxylic acids is 1. The molecule has 0 spiro atoms. The van der Waals surface area contributed by atoms with Gasteiger partial charge in [-0.2, -0.15) is 0 Å². The van der Waals surface area contributed by atoms with Crippen molar-refractivity contribution >= 4 is 37.2 Å². The molecule has 0 atom stereocenters. The molecule has 0 aliphatic rings. The van der Waals surface area contributed by atoms with E-state index < -0.39 is 15.0 Å². The molecule has 1 amide bonds. The van der Waals surface area contributed by atoms with E-state index in [1.54, 1.807) is 0 Å². The predicted octanol–water partition coefficient (Wildman–Crippen LogP) is 2.42. The van der Waals surface area contributed by atoms with Gasteiger partial charge >= 0.3 is 0 Å². The Labute approximate surface area is 127 Å². The number of nitrogens with one attached hydrogen (secondary N) is 1. The van der Waals surface area contributed by atoms with Crippen molar-refractivity contribution in [2.45, 2.75) is 24.8 Å². The molecule has 1 aromatic carbocycles. The summed E-state index contributed by atoms with van der Waals surface area (Å²) in [5.41, 5.74) is 0.126. The van der Waals surface area contributed by atoms with E-state index in [1.165, 1.54) is 18.2 Å². The first-order chi connectivity index (χ1) is 9.20. The van der Waals surface area contributed by atoms with Gasteiger partial charge < -0.3 is 10.1 Å². The van der Waals surface area contributed by atoms with E-state index in [2.05, 4.69) is 5.32 Å². The largest absolute Gasteiger partial charge is 0.377 e. The topological polar surface area (TPSA) is 72.5 Å². The fraction of sp³-hybridized carbons (Fsp3) is 0.417. The second kappa shape index (κ2) is 7.26. The fourth-order valence-electron chi connectivity index (χ4n) is 1.40. The van der Waals surface area contributed by atoms with Crippen molar-refractivity contribution in [3.63, 3.8) is 0 Å². The maximum absolute atomic E-state index is 11.9. The number of ether oxygens (including phenoxy) is 1. The summed E-state index contributed by atoms with van der Waals surface area (Å²) in [6, 6.07) is 3.72. The van der Waals surface area contributed by atoms with Crippen LogP contribution in [0.25, 0.3) is 0 Å². The number of carbonyl (C=O) groups is 1. The Bertz CT molecular complexity index is 587. The highest BCUT2D eigenvalue weighted by atomic mass is 35.7. The molecule has 1 rings (SSSR count). The average Bonchev–Trinajstić information content (AvgIpc) is 2.32. The molecular formula is C12H15Cl2NO4S. The average molecular weight is 340 g/mol. The third-order valence-corrected chi connectivity index (χ3v) is 3.81. The van der Waals surface area contributed by atoms with Crippen LogP contribution in [-0.4, -0.2) is 33.6 Å². The summed E-state index contributed by atoms with van der Waals surface area (Å²) in [7, 11) is 1.30. The molecule has 1 aromatic rings. The van der Waals surface area contributed by atoms with Gasteiger partial charge in [0.15, 0.2) is 0 Å². The Morgan fingerprint density at radius 2 is 2.00 bits per heavy atom. The zero-order valence-electron chi connectivity index (χ0n) is 11.0. The molecule has 20 heavy (non-hydrogen) atoms. The standard InChI is InChI=1S/C12H15Cl2NO4S/c1-8(2)19-4-3-15-12(16)9-5-10(13)7-11(6-9)20(14,17)18/h5-8H,3-4H2,1-2H3,(H,15,16). The molecule has 5 nitrogen and oxygen atoms in total. The minimum Gasteiger partial charge on any atom is -0.377 e. The highest BCUT2D eigenvalue weighted by Gasteiger charge is 2.15. The van der Waals surface area contributed by atoms with Crippen LogP contribution < -0.4 is 5.32 Å². The lowest BCUT2D eigenvalue weighted by atomic mass is 10.2. The van der Waals surface area contributed by atoms with E-state index >= 15 is 0 Å². The van der Waals surface area contributed by atoms with Crippen LogP contribution >= 0.6 is 22.3 Å². The summed E-state index contributed by atoms with van der Waals surface area (Å²) < 4.78 is 27.8. The van der Waals surface area contributed by atoms with Gasteiger partial charge in [-0.1, -0.05) is 11.6 Å². The van der Waals surface area contributed by atoms with E-state index in [1.807, 2.05) is 13.8 Å². The van der Waals surface area contributed by atoms with Gasteiger partial charge in [-0.05, 0) is 32.0 Å². The van der Waals surface area contributed by atoms with E-state index in [0.717, 1.165) is 0 Å². The molecule has 8 heteroatoms. The van der Waals surface area contributed by atoms with Gasteiger partial charge in [0.2, 0.25) is 0 Å². The Kier molecular flexibility index (Phi) is 6.26. The van der Waals surface area contributed by atoms with E-state index in [4.69, 9.17) is 27.0 Å². The van der Waals surface area contributed by atoms with Gasteiger partial charge in [-0.25, -0.2) is 8.42 Å². The molecule has 0 bridgehead atoms. The van der Waals surface area contributed by atoms with Crippen molar-refractivity contribution in [2.24, 2.45) is 0 Å². The van der Waals surface area contributed by atoms with E-state index in [-0.39, 0.29) is 21.6 Å². The van der Waals surface area contributed by atoms with Crippen molar-refractivity contribution in [3.05, 3.63) is 28.8 Å². The molecule has 0 saturated heterocycles. The highest BCUT2D eigenvalue weighted by Crippen LogP contribution is 2.21. The summed E-state index contributed by atoms with van der Waals surface area (Å²) in [4.78, 5) is 11.6. The van der Waals surface area contributed by atoms with Gasteiger partial charge in [0.25, 0.3) is 15.0 Å². The van der Waals surface area contributed by atoms with Crippen LogP contribution in [0.5, 0.6) is 0 Å². The first-order valence-corrected chi connectivity index (χ1v) is 8.54. The maximum Gasteiger partial charge on any atom is 0.261 e. The summed E-state index contributed by atoms with van der Waals surface area (Å²) >= 11 is 5.78. The first-order valence-electron chi connectivity index (χ1n) is 5.85. The SMILES string of the molecule is CC(C)OCCNC(=O)c1cc(Cl)cc(S(=O)(=O)Cl)c1. The van der Waals surface area contributed by atoms with Crippen molar-refractivity contribution in [1.29, 1.82) is 0 Å². The predicted molar refractivity (Wildman–Crippen MR) is 77.9 cm³/mol. The third kappa shape index (κ3) is 5.66. The molecule has 0 aromatic heterocycles. The van der Waals surface area contributed by atoms with Crippen LogP contribution in [0.15, 0.2) is 23.1 Å². The quantitative estimate of drug-likeness (QED) is 0.638. The van der Waals surface area contributed by atoms with E-state index in [0.29, 0.717) is 13.2 Å². The molecular weight excluding hydrogens is 325 g/mol. The third-order valence-electron chi connectivity index (χ3n) is 2.25. The Morgan fingerprint density at radius 1 is 1.35 bits per heavy atom. The Balaban J connectivity index is 2.76. The summed E-state index contributed by atoms with van der Waals surface area (Å²) in [5, 5.41) is 2.72. The Hall–Kier alpha value is -0.820. The summed E-state index contributed by atoms with van der Waals surface area (Å²) in [6.45, 7) is 4.45. The smallest absolute Gasteiger partial charge is 0.261 e. The lowest BCUT2D eigenvalue weighted by Crippen LogP contribution is -2.28. The highest BCUT2D eigenvalue weighted by molar-refractivity contribution is 8.13. The van der Waals surface area contributed by atoms with Gasteiger partial charge in [-0.3, -0.25) is 4.79 Å². The van der Waals surface area contributed by atoms with Gasteiger partial charge in [-0.15, -0.1) is 0 Å². The molecule has 0 radical (unpaired) electrons. The number of hydrogen-bond acceptors (Lipinski definition) is 4. The fourth-order valence-corrected chi connectivity index (χ4v) is 2.50. The second-order valence-corrected chi connectivity index (χ2v) is 7.29. The number of hydrogen-bond donors (Lipinski definition) is 1. The summed E-state index contributed by atoms with van der Waals surface area (Å²) in [5.74, 6) is -0.443. The zero-order valence-corrected chi connectivity index (χ0v) is 13.3. The van der Waals surface area contributed by atoms with Crippen LogP contribution in [-0.2, 0) is 13.8 Å². The lowest BCUT2D eigenvalue weighted by molar-refractivity contribution is 0.0746. The molecule has 0 saturated carbocycles. The van der Waals surface area contributed by atoms with Crippen LogP contribution in [0.3, 0.4) is 0 Å². The first kappa shape index (κ1) is 17.2. The number of halogens is 2. The van der Waals surface area contributed by atoms with Gasteiger partial charge in [0.05, 0.1) is 17.6 Å². The van der Waals surface area contributed by atoms with Crippen molar-refractivity contribution in [3.8, 4) is 0 Å². The summed E-state index contributed by atoms with van der Waals surface area (Å²) in [6.07, 6.45) is 0.0751. The van der Waals surface area contributed by atoms with Crippen molar-refractivity contribution < 1.29 is 17.9 Å². The van der Waals surface area contributed by atoms with Gasteiger partial charge in [0.1, 0.15) is 0 Å². The molecule has 0 aliphatic heterocycles. The second-order valence-electron chi connectivity index (χ2n) is 4.29. The minimum atomic E-state index is -3.93. The van der Waals surface area contributed by atoms with E-state index in [9.17, 15) is 13.2 Å². The molecule has 0 heterocycles. The molecule has 0 aliphatic carbocycles. The van der Waals surface area contributed by atoms with Gasteiger partial charge in [0, 0.05) is 27.8 Å². The number of amides is 1. The number of rotatable bonds is 6. The maximum atomic E-state index is 11.9. The van der Waals surface area contributed by atoms with Crippen LogP contribution in [0.1, 0.15) is 24.2 Å².